The number of hydrogen-bond donors (Lipinski definition) is 0. The van der Waals surface area contributed by atoms with Crippen molar-refractivity contribution in [3.8, 4) is 0 Å². The Labute approximate surface area is 97.2 Å². The van der Waals surface area contributed by atoms with Crippen molar-refractivity contribution in [2.45, 2.75) is 31.6 Å². The van der Waals surface area contributed by atoms with Gasteiger partial charge in [0.25, 0.3) is 0 Å². The summed E-state index contributed by atoms with van der Waals surface area (Å²) in [6.45, 7) is 3.89. The van der Waals surface area contributed by atoms with E-state index in [1.807, 2.05) is 24.3 Å². The van der Waals surface area contributed by atoms with E-state index in [4.69, 9.17) is 0 Å². The highest BCUT2D eigenvalue weighted by atomic mass is 16.1. The zero-order chi connectivity index (χ0) is 11.4. The van der Waals surface area contributed by atoms with Gasteiger partial charge in [0.05, 0.1) is 0 Å². The minimum atomic E-state index is 0.161. The molecule has 1 aromatic rings. The Morgan fingerprint density at radius 2 is 2.00 bits per heavy atom. The lowest BCUT2D eigenvalue weighted by Gasteiger charge is -2.27. The van der Waals surface area contributed by atoms with E-state index in [9.17, 15) is 4.79 Å². The van der Waals surface area contributed by atoms with E-state index in [1.165, 1.54) is 12.0 Å². The van der Waals surface area contributed by atoms with Crippen LogP contribution in [0.3, 0.4) is 0 Å². The van der Waals surface area contributed by atoms with E-state index in [0.29, 0.717) is 5.78 Å². The fourth-order valence-corrected chi connectivity index (χ4v) is 2.60. The molecule has 2 atom stereocenters. The Morgan fingerprint density at radius 3 is 2.62 bits per heavy atom. The third-order valence-electron chi connectivity index (χ3n) is 3.47. The molecule has 0 spiro atoms. The van der Waals surface area contributed by atoms with Crippen molar-refractivity contribution in [1.29, 1.82) is 0 Å². The smallest absolute Gasteiger partial charge is 0.136 e. The second kappa shape index (κ2) is 5.11. The van der Waals surface area contributed by atoms with E-state index < -0.39 is 0 Å². The Bertz CT molecular complexity index is 366. The van der Waals surface area contributed by atoms with Gasteiger partial charge in [-0.3, -0.25) is 4.79 Å². The van der Waals surface area contributed by atoms with Gasteiger partial charge in [-0.05, 0) is 18.4 Å². The van der Waals surface area contributed by atoms with Crippen LogP contribution in [0.1, 0.15) is 37.2 Å². The maximum absolute atomic E-state index is 11.9. The lowest BCUT2D eigenvalue weighted by atomic mass is 9.76. The molecule has 0 amide bonds. The first kappa shape index (κ1) is 11.1. The lowest BCUT2D eigenvalue weighted by Crippen LogP contribution is -2.24. The summed E-state index contributed by atoms with van der Waals surface area (Å²) in [5, 5.41) is 0. The highest BCUT2D eigenvalue weighted by molar-refractivity contribution is 5.83. The average molecular weight is 214 g/mol. The zero-order valence-corrected chi connectivity index (χ0v) is 9.56. The minimum Gasteiger partial charge on any atom is -0.299 e. The Kier molecular flexibility index (Phi) is 3.55. The predicted octanol–water partition coefficient (Wildman–Crippen LogP) is 3.72. The molecule has 0 saturated heterocycles. The first-order chi connectivity index (χ1) is 7.83. The molecule has 1 aromatic carbocycles. The molecule has 1 saturated carbocycles. The molecule has 16 heavy (non-hydrogen) atoms. The molecule has 0 aromatic heterocycles. The van der Waals surface area contributed by atoms with E-state index in [-0.39, 0.29) is 11.8 Å². The average Bonchev–Trinajstić information content (AvgIpc) is 2.34. The summed E-state index contributed by atoms with van der Waals surface area (Å²) in [6.07, 6.45) is 5.94. The molecule has 84 valence electrons. The molecule has 0 bridgehead atoms. The maximum Gasteiger partial charge on any atom is 0.136 e. The molecule has 1 aliphatic rings. The van der Waals surface area contributed by atoms with E-state index >= 15 is 0 Å². The molecule has 1 nitrogen and oxygen atoms in total. The normalized spacial score (nSPS) is 22.8. The van der Waals surface area contributed by atoms with E-state index in [0.717, 1.165) is 19.3 Å². The molecule has 0 heterocycles. The van der Waals surface area contributed by atoms with Gasteiger partial charge in [0.15, 0.2) is 0 Å². The van der Waals surface area contributed by atoms with Crippen molar-refractivity contribution in [2.75, 3.05) is 0 Å². The number of benzene rings is 1. The summed E-state index contributed by atoms with van der Waals surface area (Å²) in [6, 6.07) is 10.2. The summed E-state index contributed by atoms with van der Waals surface area (Å²) in [5.74, 6) is 0.780. The topological polar surface area (TPSA) is 17.1 Å². The quantitative estimate of drug-likeness (QED) is 0.701. The van der Waals surface area contributed by atoms with Gasteiger partial charge in [0.1, 0.15) is 5.78 Å². The summed E-state index contributed by atoms with van der Waals surface area (Å²) in [5.41, 5.74) is 1.22. The molecule has 0 radical (unpaired) electrons. The Balaban J connectivity index is 2.22. The van der Waals surface area contributed by atoms with Gasteiger partial charge in [-0.15, -0.1) is 6.58 Å². The summed E-state index contributed by atoms with van der Waals surface area (Å²) >= 11 is 0. The van der Waals surface area contributed by atoms with Crippen LogP contribution in [0.2, 0.25) is 0 Å². The Morgan fingerprint density at radius 1 is 1.25 bits per heavy atom. The largest absolute Gasteiger partial charge is 0.299 e. The van der Waals surface area contributed by atoms with Crippen LogP contribution in [0.25, 0.3) is 0 Å². The first-order valence-electron chi connectivity index (χ1n) is 6.03. The molecule has 1 heteroatoms. The van der Waals surface area contributed by atoms with Gasteiger partial charge >= 0.3 is 0 Å². The van der Waals surface area contributed by atoms with E-state index in [1.54, 1.807) is 0 Å². The Hall–Kier alpha value is -1.37. The third kappa shape index (κ3) is 2.24. The van der Waals surface area contributed by atoms with Crippen LogP contribution in [0.5, 0.6) is 0 Å². The van der Waals surface area contributed by atoms with Gasteiger partial charge in [-0.1, -0.05) is 42.8 Å². The van der Waals surface area contributed by atoms with Crippen molar-refractivity contribution in [1.82, 2.24) is 0 Å². The summed E-state index contributed by atoms with van der Waals surface area (Å²) in [4.78, 5) is 11.9. The number of carbonyl (C=O) groups is 1. The number of allylic oxidation sites excluding steroid dienone is 1. The molecule has 2 unspecified atom stereocenters. The molecular weight excluding hydrogens is 196 g/mol. The zero-order valence-electron chi connectivity index (χ0n) is 9.56. The highest BCUT2D eigenvalue weighted by Crippen LogP contribution is 2.34. The number of ketones is 1. The number of rotatable bonds is 3. The number of hydrogen-bond acceptors (Lipinski definition) is 1. The maximum atomic E-state index is 11.9. The van der Waals surface area contributed by atoms with Crippen molar-refractivity contribution in [3.05, 3.63) is 48.6 Å². The minimum absolute atomic E-state index is 0.161. The van der Waals surface area contributed by atoms with Gasteiger partial charge in [-0.25, -0.2) is 0 Å². The van der Waals surface area contributed by atoms with Crippen LogP contribution < -0.4 is 0 Å². The van der Waals surface area contributed by atoms with Crippen LogP contribution in [0.15, 0.2) is 43.0 Å². The van der Waals surface area contributed by atoms with Crippen molar-refractivity contribution in [3.63, 3.8) is 0 Å². The van der Waals surface area contributed by atoms with Crippen LogP contribution in [-0.4, -0.2) is 5.78 Å². The fraction of sp³-hybridized carbons (Fsp3) is 0.400. The highest BCUT2D eigenvalue weighted by Gasteiger charge is 2.29. The van der Waals surface area contributed by atoms with Gasteiger partial charge in [-0.2, -0.15) is 0 Å². The van der Waals surface area contributed by atoms with Crippen LogP contribution >= 0.6 is 0 Å². The molecule has 1 aliphatic carbocycles. The number of Topliss-reactive ketones (excluding diaryl/α,β-unsaturated/α-hetero) is 1. The second-order valence-electron chi connectivity index (χ2n) is 4.49. The van der Waals surface area contributed by atoms with Gasteiger partial charge < -0.3 is 0 Å². The van der Waals surface area contributed by atoms with Crippen LogP contribution in [0, 0.1) is 5.92 Å². The summed E-state index contributed by atoms with van der Waals surface area (Å²) in [7, 11) is 0. The predicted molar refractivity (Wildman–Crippen MR) is 66.3 cm³/mol. The third-order valence-corrected chi connectivity index (χ3v) is 3.47. The van der Waals surface area contributed by atoms with Gasteiger partial charge in [0, 0.05) is 18.3 Å². The summed E-state index contributed by atoms with van der Waals surface area (Å²) < 4.78 is 0. The van der Waals surface area contributed by atoms with Crippen molar-refractivity contribution in [2.24, 2.45) is 5.92 Å². The van der Waals surface area contributed by atoms with Gasteiger partial charge in [0.2, 0.25) is 0 Å². The van der Waals surface area contributed by atoms with Crippen LogP contribution in [-0.2, 0) is 4.79 Å². The van der Waals surface area contributed by atoms with Crippen molar-refractivity contribution >= 4 is 5.78 Å². The molecule has 0 aliphatic heterocycles. The number of carbonyl (C=O) groups excluding carboxylic acids is 1. The monoisotopic (exact) mass is 214 g/mol. The molecule has 0 N–H and O–H groups in total. The molecule has 2 rings (SSSR count). The molecular formula is C15H18O. The standard InChI is InChI=1S/C15H18O/c1-2-13(12-8-4-3-5-9-12)14-10-6-7-11-15(14)16/h2-5,8-9,13-14H,1,6-7,10-11H2. The van der Waals surface area contributed by atoms with Crippen molar-refractivity contribution < 1.29 is 4.79 Å². The second-order valence-corrected chi connectivity index (χ2v) is 4.49. The lowest BCUT2D eigenvalue weighted by molar-refractivity contribution is -0.124. The first-order valence-corrected chi connectivity index (χ1v) is 6.03. The fourth-order valence-electron chi connectivity index (χ4n) is 2.60. The SMILES string of the molecule is C=CC(c1ccccc1)C1CCCCC1=O. The van der Waals surface area contributed by atoms with Crippen LogP contribution in [0.4, 0.5) is 0 Å². The van der Waals surface area contributed by atoms with E-state index in [2.05, 4.69) is 18.7 Å². The molecule has 1 fully saturated rings.